The zero-order valence-corrected chi connectivity index (χ0v) is 12.7. The van der Waals surface area contributed by atoms with Crippen molar-refractivity contribution in [2.24, 2.45) is 0 Å². The lowest BCUT2D eigenvalue weighted by molar-refractivity contribution is 0.0621. The molecular formula is C12H26N2O3S. The Labute approximate surface area is 111 Å². The van der Waals surface area contributed by atoms with Gasteiger partial charge in [0, 0.05) is 26.7 Å². The van der Waals surface area contributed by atoms with Crippen LogP contribution < -0.4 is 0 Å². The van der Waals surface area contributed by atoms with Crippen LogP contribution in [0.25, 0.3) is 0 Å². The summed E-state index contributed by atoms with van der Waals surface area (Å²) >= 11 is 0. The van der Waals surface area contributed by atoms with Crippen molar-refractivity contribution in [2.75, 3.05) is 20.6 Å². The fraction of sp³-hybridized carbons (Fsp3) is 1.00. The summed E-state index contributed by atoms with van der Waals surface area (Å²) in [4.78, 5) is 0. The van der Waals surface area contributed by atoms with Crippen LogP contribution in [0.2, 0.25) is 0 Å². The van der Waals surface area contributed by atoms with Crippen molar-refractivity contribution in [1.29, 1.82) is 0 Å². The number of hydrogen-bond acceptors (Lipinski definition) is 3. The molecule has 0 aliphatic heterocycles. The molecule has 6 heteroatoms. The molecule has 0 unspecified atom stereocenters. The molecule has 108 valence electrons. The zero-order valence-electron chi connectivity index (χ0n) is 11.9. The van der Waals surface area contributed by atoms with Gasteiger partial charge in [0.05, 0.1) is 5.60 Å². The van der Waals surface area contributed by atoms with E-state index in [-0.39, 0.29) is 12.6 Å². The molecule has 0 radical (unpaired) electrons. The van der Waals surface area contributed by atoms with Crippen molar-refractivity contribution < 1.29 is 13.5 Å². The summed E-state index contributed by atoms with van der Waals surface area (Å²) in [6, 6.07) is 0.105. The van der Waals surface area contributed by atoms with Gasteiger partial charge in [0.1, 0.15) is 0 Å². The SMILES string of the molecule is CN(CC(C)(C)O)S(=O)(=O)N(C)C1CCCCC1. The topological polar surface area (TPSA) is 60.9 Å². The molecule has 0 aromatic heterocycles. The molecular weight excluding hydrogens is 252 g/mol. The van der Waals surface area contributed by atoms with Crippen molar-refractivity contribution in [1.82, 2.24) is 8.61 Å². The molecule has 1 aliphatic rings. The van der Waals surface area contributed by atoms with E-state index in [2.05, 4.69) is 0 Å². The molecule has 0 heterocycles. The summed E-state index contributed by atoms with van der Waals surface area (Å²) in [6.07, 6.45) is 5.27. The molecule has 0 saturated heterocycles. The third-order valence-corrected chi connectivity index (χ3v) is 5.40. The maximum absolute atomic E-state index is 12.3. The predicted octanol–water partition coefficient (Wildman–Crippen LogP) is 1.20. The molecule has 1 N–H and O–H groups in total. The molecule has 0 aromatic carbocycles. The van der Waals surface area contributed by atoms with Gasteiger partial charge in [-0.25, -0.2) is 0 Å². The molecule has 1 saturated carbocycles. The van der Waals surface area contributed by atoms with E-state index in [0.717, 1.165) is 25.7 Å². The Morgan fingerprint density at radius 1 is 1.17 bits per heavy atom. The number of hydrogen-bond donors (Lipinski definition) is 1. The number of likely N-dealkylation sites (N-methyl/N-ethyl adjacent to an activating group) is 1. The molecule has 1 rings (SSSR count). The van der Waals surface area contributed by atoms with Crippen LogP contribution in [-0.2, 0) is 10.2 Å². The Hall–Kier alpha value is -0.170. The first-order chi connectivity index (χ1) is 8.14. The fourth-order valence-electron chi connectivity index (χ4n) is 2.48. The van der Waals surface area contributed by atoms with E-state index >= 15 is 0 Å². The Balaban J connectivity index is 2.72. The fourth-order valence-corrected chi connectivity index (χ4v) is 3.99. The first kappa shape index (κ1) is 15.9. The maximum atomic E-state index is 12.3. The molecule has 0 spiro atoms. The highest BCUT2D eigenvalue weighted by molar-refractivity contribution is 7.86. The quantitative estimate of drug-likeness (QED) is 0.822. The minimum atomic E-state index is -3.47. The molecule has 0 aromatic rings. The van der Waals surface area contributed by atoms with E-state index in [1.807, 2.05) is 0 Å². The maximum Gasteiger partial charge on any atom is 0.281 e. The molecule has 5 nitrogen and oxygen atoms in total. The second kappa shape index (κ2) is 5.86. The first-order valence-corrected chi connectivity index (χ1v) is 7.96. The van der Waals surface area contributed by atoms with Crippen molar-refractivity contribution in [3.8, 4) is 0 Å². The van der Waals surface area contributed by atoms with Crippen LogP contribution in [0.5, 0.6) is 0 Å². The van der Waals surface area contributed by atoms with Crippen molar-refractivity contribution >= 4 is 10.2 Å². The van der Waals surface area contributed by atoms with Gasteiger partial charge in [0.2, 0.25) is 0 Å². The smallest absolute Gasteiger partial charge is 0.281 e. The van der Waals surface area contributed by atoms with Gasteiger partial charge < -0.3 is 5.11 Å². The van der Waals surface area contributed by atoms with Crippen LogP contribution >= 0.6 is 0 Å². The number of nitrogens with zero attached hydrogens (tertiary/aromatic N) is 2. The van der Waals surface area contributed by atoms with Gasteiger partial charge in [-0.3, -0.25) is 0 Å². The molecule has 0 bridgehead atoms. The highest BCUT2D eigenvalue weighted by atomic mass is 32.2. The summed E-state index contributed by atoms with van der Waals surface area (Å²) in [6.45, 7) is 3.33. The monoisotopic (exact) mass is 278 g/mol. The Kier molecular flexibility index (Phi) is 5.17. The molecule has 0 atom stereocenters. The first-order valence-electron chi connectivity index (χ1n) is 6.56. The van der Waals surface area contributed by atoms with Gasteiger partial charge in [-0.05, 0) is 26.7 Å². The van der Waals surface area contributed by atoms with Crippen molar-refractivity contribution in [2.45, 2.75) is 57.6 Å². The zero-order chi connectivity index (χ0) is 14.0. The standard InChI is InChI=1S/C12H26N2O3S/c1-12(2,15)10-13(3)18(16,17)14(4)11-8-6-5-7-9-11/h11,15H,5-10H2,1-4H3. The van der Waals surface area contributed by atoms with E-state index in [1.165, 1.54) is 22.1 Å². The summed E-state index contributed by atoms with van der Waals surface area (Å²) in [5.74, 6) is 0. The Morgan fingerprint density at radius 3 is 2.11 bits per heavy atom. The van der Waals surface area contributed by atoms with E-state index in [0.29, 0.717) is 0 Å². The van der Waals surface area contributed by atoms with Gasteiger partial charge in [-0.1, -0.05) is 19.3 Å². The van der Waals surface area contributed by atoms with Crippen LogP contribution in [0, 0.1) is 0 Å². The van der Waals surface area contributed by atoms with Crippen molar-refractivity contribution in [3.05, 3.63) is 0 Å². The van der Waals surface area contributed by atoms with Gasteiger partial charge in [0.25, 0.3) is 10.2 Å². The largest absolute Gasteiger partial charge is 0.389 e. The van der Waals surface area contributed by atoms with Gasteiger partial charge in [0.15, 0.2) is 0 Å². The summed E-state index contributed by atoms with van der Waals surface area (Å²) in [7, 11) is -0.300. The second-order valence-corrected chi connectivity index (χ2v) is 7.98. The van der Waals surface area contributed by atoms with E-state index in [1.54, 1.807) is 20.9 Å². The minimum Gasteiger partial charge on any atom is -0.389 e. The molecule has 1 aliphatic carbocycles. The van der Waals surface area contributed by atoms with E-state index in [4.69, 9.17) is 0 Å². The third-order valence-electron chi connectivity index (χ3n) is 3.46. The average molecular weight is 278 g/mol. The average Bonchev–Trinajstić information content (AvgIpc) is 2.27. The van der Waals surface area contributed by atoms with Crippen LogP contribution in [0.15, 0.2) is 0 Å². The van der Waals surface area contributed by atoms with Gasteiger partial charge >= 0.3 is 0 Å². The summed E-state index contributed by atoms with van der Waals surface area (Å²) < 4.78 is 27.4. The Morgan fingerprint density at radius 2 is 1.67 bits per heavy atom. The second-order valence-electron chi connectivity index (χ2n) is 5.88. The lowest BCUT2D eigenvalue weighted by Crippen LogP contribution is -2.49. The van der Waals surface area contributed by atoms with E-state index < -0.39 is 15.8 Å². The van der Waals surface area contributed by atoms with Crippen LogP contribution in [0.4, 0.5) is 0 Å². The lowest BCUT2D eigenvalue weighted by atomic mass is 9.96. The van der Waals surface area contributed by atoms with E-state index in [9.17, 15) is 13.5 Å². The van der Waals surface area contributed by atoms with Gasteiger partial charge in [-0.15, -0.1) is 0 Å². The summed E-state index contributed by atoms with van der Waals surface area (Å²) in [5, 5.41) is 9.72. The highest BCUT2D eigenvalue weighted by Crippen LogP contribution is 2.24. The molecule has 18 heavy (non-hydrogen) atoms. The highest BCUT2D eigenvalue weighted by Gasteiger charge is 2.32. The molecule has 0 amide bonds. The Bertz CT molecular complexity index is 356. The summed E-state index contributed by atoms with van der Waals surface area (Å²) in [5.41, 5.74) is -1.02. The minimum absolute atomic E-state index is 0.104. The predicted molar refractivity (Wildman–Crippen MR) is 72.5 cm³/mol. The van der Waals surface area contributed by atoms with Crippen molar-refractivity contribution in [3.63, 3.8) is 0 Å². The van der Waals surface area contributed by atoms with Crippen LogP contribution in [-0.4, -0.2) is 54.4 Å². The number of aliphatic hydroxyl groups is 1. The van der Waals surface area contributed by atoms with Crippen LogP contribution in [0.1, 0.15) is 46.0 Å². The normalized spacial score (nSPS) is 19.7. The lowest BCUT2D eigenvalue weighted by Gasteiger charge is -2.34. The van der Waals surface area contributed by atoms with Crippen LogP contribution in [0.3, 0.4) is 0 Å². The third kappa shape index (κ3) is 4.19. The number of rotatable bonds is 5. The molecule has 1 fully saturated rings. The van der Waals surface area contributed by atoms with Gasteiger partial charge in [-0.2, -0.15) is 17.0 Å².